The molecule has 2 rings (SSSR count). The zero-order valence-corrected chi connectivity index (χ0v) is 9.95. The van der Waals surface area contributed by atoms with E-state index in [4.69, 9.17) is 0 Å². The molecule has 2 aromatic heterocycles. The molecule has 2 heterocycles. The Morgan fingerprint density at radius 1 is 1.44 bits per heavy atom. The quantitative estimate of drug-likeness (QED) is 0.859. The highest BCUT2D eigenvalue weighted by Crippen LogP contribution is 2.14. The van der Waals surface area contributed by atoms with Gasteiger partial charge in [0.25, 0.3) is 5.56 Å². The molecule has 0 aromatic carbocycles. The Bertz CT molecular complexity index is 551. The molecule has 1 N–H and O–H groups in total. The van der Waals surface area contributed by atoms with E-state index in [-0.39, 0.29) is 5.56 Å². The second-order valence-corrected chi connectivity index (χ2v) is 4.40. The summed E-state index contributed by atoms with van der Waals surface area (Å²) in [6.07, 6.45) is 1.88. The monoisotopic (exact) mass is 219 g/mol. The van der Waals surface area contributed by atoms with Crippen molar-refractivity contribution in [2.45, 2.75) is 39.5 Å². The molecule has 16 heavy (non-hydrogen) atoms. The summed E-state index contributed by atoms with van der Waals surface area (Å²) in [7, 11) is 0. The van der Waals surface area contributed by atoms with Crippen molar-refractivity contribution < 1.29 is 0 Å². The van der Waals surface area contributed by atoms with Crippen molar-refractivity contribution in [1.29, 1.82) is 0 Å². The summed E-state index contributed by atoms with van der Waals surface area (Å²) in [6.45, 7) is 6.29. The molecule has 0 unspecified atom stereocenters. The standard InChI is InChI=1S/C12H17N3O/c1-4-5-9-6-12(16)13-11-7-10(8(2)3)14-15(9)11/h6-8H,4-5H2,1-3H3,(H,13,16). The van der Waals surface area contributed by atoms with Crippen LogP contribution in [0.25, 0.3) is 5.65 Å². The maximum Gasteiger partial charge on any atom is 0.251 e. The minimum absolute atomic E-state index is 0.0499. The minimum Gasteiger partial charge on any atom is -0.307 e. The Kier molecular flexibility index (Phi) is 2.81. The molecule has 0 spiro atoms. The lowest BCUT2D eigenvalue weighted by atomic mass is 10.1. The highest BCUT2D eigenvalue weighted by molar-refractivity contribution is 5.40. The van der Waals surface area contributed by atoms with Crippen LogP contribution in [0, 0.1) is 0 Å². The molecule has 86 valence electrons. The van der Waals surface area contributed by atoms with Gasteiger partial charge in [-0.25, -0.2) is 4.52 Å². The average molecular weight is 219 g/mol. The maximum absolute atomic E-state index is 11.5. The number of aromatic nitrogens is 3. The molecule has 4 nitrogen and oxygen atoms in total. The van der Waals surface area contributed by atoms with Crippen LogP contribution < -0.4 is 5.56 Å². The Morgan fingerprint density at radius 2 is 2.19 bits per heavy atom. The smallest absolute Gasteiger partial charge is 0.251 e. The van der Waals surface area contributed by atoms with E-state index in [1.54, 1.807) is 6.07 Å². The molecule has 0 aliphatic heterocycles. The first-order valence-electron chi connectivity index (χ1n) is 5.73. The molecule has 0 bridgehead atoms. The second kappa shape index (κ2) is 4.12. The molecule has 0 amide bonds. The molecule has 0 radical (unpaired) electrons. The van der Waals surface area contributed by atoms with Crippen LogP contribution in [0.5, 0.6) is 0 Å². The molecule has 0 fully saturated rings. The summed E-state index contributed by atoms with van der Waals surface area (Å²) < 4.78 is 1.85. The molecule has 2 aromatic rings. The number of fused-ring (bicyclic) bond motifs is 1. The number of rotatable bonds is 3. The molecule has 0 saturated heterocycles. The predicted octanol–water partition coefficient (Wildman–Crippen LogP) is 2.10. The van der Waals surface area contributed by atoms with E-state index in [1.807, 2.05) is 10.6 Å². The molecule has 0 aliphatic rings. The number of hydrogen-bond donors (Lipinski definition) is 1. The Morgan fingerprint density at radius 3 is 2.81 bits per heavy atom. The summed E-state index contributed by atoms with van der Waals surface area (Å²) in [6, 6.07) is 3.58. The normalized spacial score (nSPS) is 11.5. The fourth-order valence-electron chi connectivity index (χ4n) is 1.80. The van der Waals surface area contributed by atoms with Gasteiger partial charge in [0, 0.05) is 17.8 Å². The van der Waals surface area contributed by atoms with E-state index in [9.17, 15) is 4.79 Å². The fourth-order valence-corrected chi connectivity index (χ4v) is 1.80. The summed E-state index contributed by atoms with van der Waals surface area (Å²) in [4.78, 5) is 14.3. The molecule has 4 heteroatoms. The zero-order valence-electron chi connectivity index (χ0n) is 9.95. The van der Waals surface area contributed by atoms with Crippen LogP contribution in [-0.2, 0) is 6.42 Å². The Hall–Kier alpha value is -1.58. The minimum atomic E-state index is -0.0499. The van der Waals surface area contributed by atoms with E-state index in [0.29, 0.717) is 5.92 Å². The van der Waals surface area contributed by atoms with Crippen LogP contribution >= 0.6 is 0 Å². The first-order chi connectivity index (χ1) is 7.61. The van der Waals surface area contributed by atoms with Gasteiger partial charge in [-0.2, -0.15) is 5.10 Å². The van der Waals surface area contributed by atoms with Gasteiger partial charge in [-0.05, 0) is 12.3 Å². The van der Waals surface area contributed by atoms with Gasteiger partial charge in [-0.3, -0.25) is 4.79 Å². The molecule has 0 atom stereocenters. The lowest BCUT2D eigenvalue weighted by Gasteiger charge is -2.02. The third kappa shape index (κ3) is 1.87. The summed E-state index contributed by atoms with van der Waals surface area (Å²) in [5.41, 5.74) is 2.73. The van der Waals surface area contributed by atoms with Crippen LogP contribution in [0.1, 0.15) is 44.5 Å². The van der Waals surface area contributed by atoms with Gasteiger partial charge in [0.15, 0.2) is 0 Å². The molecule has 0 saturated carbocycles. The Labute approximate surface area is 94.3 Å². The fraction of sp³-hybridized carbons (Fsp3) is 0.500. The maximum atomic E-state index is 11.5. The van der Waals surface area contributed by atoms with Crippen LogP contribution in [0.2, 0.25) is 0 Å². The SMILES string of the molecule is CCCc1cc(=O)[nH]c2cc(C(C)C)nn12. The van der Waals surface area contributed by atoms with Crippen LogP contribution in [-0.4, -0.2) is 14.6 Å². The van der Waals surface area contributed by atoms with Crippen molar-refractivity contribution in [3.63, 3.8) is 0 Å². The number of H-pyrrole nitrogens is 1. The van der Waals surface area contributed by atoms with Gasteiger partial charge in [-0.1, -0.05) is 27.2 Å². The lowest BCUT2D eigenvalue weighted by molar-refractivity contribution is 0.745. The zero-order chi connectivity index (χ0) is 11.7. The van der Waals surface area contributed by atoms with Gasteiger partial charge in [0.1, 0.15) is 5.65 Å². The van der Waals surface area contributed by atoms with Crippen molar-refractivity contribution in [2.24, 2.45) is 0 Å². The van der Waals surface area contributed by atoms with Crippen LogP contribution in [0.15, 0.2) is 16.9 Å². The number of nitrogens with one attached hydrogen (secondary N) is 1. The van der Waals surface area contributed by atoms with Crippen LogP contribution in [0.4, 0.5) is 0 Å². The first-order valence-corrected chi connectivity index (χ1v) is 5.73. The number of aryl methyl sites for hydroxylation is 1. The largest absolute Gasteiger partial charge is 0.307 e. The lowest BCUT2D eigenvalue weighted by Crippen LogP contribution is -2.11. The summed E-state index contributed by atoms with van der Waals surface area (Å²) in [5, 5.41) is 4.52. The summed E-state index contributed by atoms with van der Waals surface area (Å²) in [5.74, 6) is 0.373. The Balaban J connectivity index is 2.65. The van der Waals surface area contributed by atoms with Crippen molar-refractivity contribution in [1.82, 2.24) is 14.6 Å². The highest BCUT2D eigenvalue weighted by atomic mass is 16.1. The predicted molar refractivity (Wildman–Crippen MR) is 63.9 cm³/mol. The van der Waals surface area contributed by atoms with E-state index < -0.39 is 0 Å². The van der Waals surface area contributed by atoms with E-state index in [0.717, 1.165) is 29.9 Å². The van der Waals surface area contributed by atoms with Crippen molar-refractivity contribution >= 4 is 5.65 Å². The topological polar surface area (TPSA) is 50.2 Å². The van der Waals surface area contributed by atoms with Gasteiger partial charge in [-0.15, -0.1) is 0 Å². The number of hydrogen-bond acceptors (Lipinski definition) is 2. The van der Waals surface area contributed by atoms with E-state index in [1.165, 1.54) is 0 Å². The molecular weight excluding hydrogens is 202 g/mol. The number of aromatic amines is 1. The third-order valence-electron chi connectivity index (χ3n) is 2.65. The van der Waals surface area contributed by atoms with Gasteiger partial charge in [0.2, 0.25) is 0 Å². The molecular formula is C12H17N3O. The first kappa shape index (κ1) is 10.9. The average Bonchev–Trinajstić information content (AvgIpc) is 2.61. The van der Waals surface area contributed by atoms with E-state index >= 15 is 0 Å². The highest BCUT2D eigenvalue weighted by Gasteiger charge is 2.09. The van der Waals surface area contributed by atoms with Crippen molar-refractivity contribution in [3.05, 3.63) is 33.9 Å². The third-order valence-corrected chi connectivity index (χ3v) is 2.65. The van der Waals surface area contributed by atoms with Crippen LogP contribution in [0.3, 0.4) is 0 Å². The summed E-state index contributed by atoms with van der Waals surface area (Å²) >= 11 is 0. The van der Waals surface area contributed by atoms with E-state index in [2.05, 4.69) is 30.9 Å². The van der Waals surface area contributed by atoms with Crippen molar-refractivity contribution in [3.8, 4) is 0 Å². The van der Waals surface area contributed by atoms with Gasteiger partial charge < -0.3 is 4.98 Å². The molecule has 0 aliphatic carbocycles. The van der Waals surface area contributed by atoms with Gasteiger partial charge in [0.05, 0.1) is 5.69 Å². The second-order valence-electron chi connectivity index (χ2n) is 4.40. The van der Waals surface area contributed by atoms with Gasteiger partial charge >= 0.3 is 0 Å². The van der Waals surface area contributed by atoms with Crippen molar-refractivity contribution in [2.75, 3.05) is 0 Å². The number of nitrogens with zero attached hydrogens (tertiary/aromatic N) is 2.